The van der Waals surface area contributed by atoms with Gasteiger partial charge in [-0.3, -0.25) is 9.48 Å². The number of carbonyl (C=O) groups excluding carboxylic acids is 1. The molecule has 0 aliphatic heterocycles. The molecule has 1 aromatic heterocycles. The number of rotatable bonds is 8. The lowest BCUT2D eigenvalue weighted by molar-refractivity contribution is 0.0993. The third-order valence-electron chi connectivity index (χ3n) is 4.05. The summed E-state index contributed by atoms with van der Waals surface area (Å²) in [7, 11) is 3.48. The molecule has 0 aliphatic rings. The van der Waals surface area contributed by atoms with Crippen LogP contribution in [0.5, 0.6) is 5.75 Å². The first-order valence-corrected chi connectivity index (χ1v) is 8.01. The Morgan fingerprint density at radius 3 is 2.87 bits per heavy atom. The third-order valence-corrected chi connectivity index (χ3v) is 4.05. The molecule has 1 unspecified atom stereocenters. The van der Waals surface area contributed by atoms with Crippen molar-refractivity contribution >= 4 is 5.91 Å². The van der Waals surface area contributed by atoms with Crippen molar-refractivity contribution in [3.63, 3.8) is 0 Å². The molecule has 1 heterocycles. The number of unbranched alkanes of at least 4 members (excludes halogenated alkanes) is 1. The van der Waals surface area contributed by atoms with Crippen LogP contribution in [0.1, 0.15) is 53.7 Å². The zero-order valence-corrected chi connectivity index (χ0v) is 14.1. The summed E-state index contributed by atoms with van der Waals surface area (Å²) in [5.41, 5.74) is 8.01. The number of nitrogens with zero attached hydrogens (tertiary/aromatic N) is 2. The molecule has 1 amide bonds. The lowest BCUT2D eigenvalue weighted by Gasteiger charge is -2.17. The van der Waals surface area contributed by atoms with Crippen molar-refractivity contribution in [3.8, 4) is 5.75 Å². The first-order chi connectivity index (χ1) is 11.0. The topological polar surface area (TPSA) is 70.1 Å². The zero-order valence-electron chi connectivity index (χ0n) is 14.1. The molecule has 0 saturated heterocycles. The standard InChI is InChI=1S/C18H25N3O2/c1-4-5-8-14(10-13-7-6-9-15(11-13)23-3)16-12-21(2)20-17(16)18(19)22/h6-7,9,11-12,14H,4-5,8,10H2,1-3H3,(H2,19,22). The van der Waals surface area contributed by atoms with Gasteiger partial charge < -0.3 is 10.5 Å². The molecule has 0 spiro atoms. The van der Waals surface area contributed by atoms with Crippen LogP contribution in [0.4, 0.5) is 0 Å². The number of methoxy groups -OCH3 is 1. The lowest BCUT2D eigenvalue weighted by atomic mass is 9.88. The van der Waals surface area contributed by atoms with E-state index in [1.165, 1.54) is 5.56 Å². The van der Waals surface area contributed by atoms with Gasteiger partial charge in [0.1, 0.15) is 5.75 Å². The highest BCUT2D eigenvalue weighted by Crippen LogP contribution is 2.29. The van der Waals surface area contributed by atoms with Crippen LogP contribution in [0.2, 0.25) is 0 Å². The lowest BCUT2D eigenvalue weighted by Crippen LogP contribution is -2.16. The number of amides is 1. The molecule has 1 aromatic carbocycles. The third kappa shape index (κ3) is 4.34. The molecule has 23 heavy (non-hydrogen) atoms. The SMILES string of the molecule is CCCCC(Cc1cccc(OC)c1)c1cn(C)nc1C(N)=O. The Labute approximate surface area is 137 Å². The van der Waals surface area contributed by atoms with Crippen LogP contribution in [-0.4, -0.2) is 22.8 Å². The van der Waals surface area contributed by atoms with Gasteiger partial charge in [0, 0.05) is 18.8 Å². The fourth-order valence-corrected chi connectivity index (χ4v) is 2.90. The van der Waals surface area contributed by atoms with E-state index in [1.54, 1.807) is 11.8 Å². The minimum absolute atomic E-state index is 0.221. The van der Waals surface area contributed by atoms with E-state index in [0.29, 0.717) is 5.69 Å². The van der Waals surface area contributed by atoms with Gasteiger partial charge in [-0.05, 0) is 36.5 Å². The van der Waals surface area contributed by atoms with Crippen molar-refractivity contribution in [1.82, 2.24) is 9.78 Å². The minimum Gasteiger partial charge on any atom is -0.497 e. The molecule has 0 aliphatic carbocycles. The summed E-state index contributed by atoms with van der Waals surface area (Å²) in [6, 6.07) is 8.05. The Morgan fingerprint density at radius 1 is 1.43 bits per heavy atom. The van der Waals surface area contributed by atoms with Crippen LogP contribution in [0.25, 0.3) is 0 Å². The predicted molar refractivity (Wildman–Crippen MR) is 90.7 cm³/mol. The number of aryl methyl sites for hydroxylation is 1. The quantitative estimate of drug-likeness (QED) is 0.814. The van der Waals surface area contributed by atoms with Gasteiger partial charge in [-0.1, -0.05) is 31.9 Å². The number of nitrogens with two attached hydrogens (primary N) is 1. The van der Waals surface area contributed by atoms with Crippen molar-refractivity contribution in [2.75, 3.05) is 7.11 Å². The largest absolute Gasteiger partial charge is 0.497 e. The van der Waals surface area contributed by atoms with Crippen molar-refractivity contribution < 1.29 is 9.53 Å². The Bertz CT molecular complexity index is 664. The molecule has 124 valence electrons. The second-order valence-corrected chi connectivity index (χ2v) is 5.87. The monoisotopic (exact) mass is 315 g/mol. The number of benzene rings is 1. The fourth-order valence-electron chi connectivity index (χ4n) is 2.90. The summed E-state index contributed by atoms with van der Waals surface area (Å²) in [6.07, 6.45) is 5.96. The number of ether oxygens (including phenoxy) is 1. The van der Waals surface area contributed by atoms with Gasteiger partial charge in [-0.2, -0.15) is 5.10 Å². The average molecular weight is 315 g/mol. The van der Waals surface area contributed by atoms with Crippen molar-refractivity contribution in [2.24, 2.45) is 12.8 Å². The van der Waals surface area contributed by atoms with Crippen LogP contribution in [0, 0.1) is 0 Å². The second kappa shape index (κ2) is 7.81. The van der Waals surface area contributed by atoms with Gasteiger partial charge in [0.2, 0.25) is 0 Å². The number of hydrogen-bond donors (Lipinski definition) is 1. The van der Waals surface area contributed by atoms with Crippen LogP contribution in [0.3, 0.4) is 0 Å². The summed E-state index contributed by atoms with van der Waals surface area (Å²) in [6.45, 7) is 2.17. The first kappa shape index (κ1) is 17.1. The molecule has 5 nitrogen and oxygen atoms in total. The average Bonchev–Trinajstić information content (AvgIpc) is 2.93. The first-order valence-electron chi connectivity index (χ1n) is 8.01. The second-order valence-electron chi connectivity index (χ2n) is 5.87. The fraction of sp³-hybridized carbons (Fsp3) is 0.444. The number of hydrogen-bond acceptors (Lipinski definition) is 3. The van der Waals surface area contributed by atoms with Gasteiger partial charge in [-0.25, -0.2) is 0 Å². The maximum absolute atomic E-state index is 11.7. The summed E-state index contributed by atoms with van der Waals surface area (Å²) in [5, 5.41) is 4.23. The molecular formula is C18H25N3O2. The van der Waals surface area contributed by atoms with Crippen molar-refractivity contribution in [3.05, 3.63) is 47.3 Å². The number of primary amides is 1. The number of carbonyl (C=O) groups is 1. The molecule has 5 heteroatoms. The Kier molecular flexibility index (Phi) is 5.79. The van der Waals surface area contributed by atoms with Gasteiger partial charge in [0.25, 0.3) is 5.91 Å². The van der Waals surface area contributed by atoms with E-state index in [0.717, 1.165) is 37.0 Å². The van der Waals surface area contributed by atoms with E-state index < -0.39 is 5.91 Å². The van der Waals surface area contributed by atoms with E-state index in [9.17, 15) is 4.79 Å². The van der Waals surface area contributed by atoms with Gasteiger partial charge in [-0.15, -0.1) is 0 Å². The molecular weight excluding hydrogens is 290 g/mol. The van der Waals surface area contributed by atoms with Crippen LogP contribution in [-0.2, 0) is 13.5 Å². The van der Waals surface area contributed by atoms with E-state index in [-0.39, 0.29) is 5.92 Å². The van der Waals surface area contributed by atoms with Crippen LogP contribution >= 0.6 is 0 Å². The summed E-state index contributed by atoms with van der Waals surface area (Å²) < 4.78 is 6.97. The van der Waals surface area contributed by atoms with E-state index in [4.69, 9.17) is 10.5 Å². The van der Waals surface area contributed by atoms with Gasteiger partial charge in [0.05, 0.1) is 7.11 Å². The van der Waals surface area contributed by atoms with E-state index >= 15 is 0 Å². The zero-order chi connectivity index (χ0) is 16.8. The molecule has 2 aromatic rings. The van der Waals surface area contributed by atoms with Crippen molar-refractivity contribution in [2.45, 2.75) is 38.5 Å². The normalized spacial score (nSPS) is 12.1. The smallest absolute Gasteiger partial charge is 0.269 e. The molecule has 1 atom stereocenters. The highest BCUT2D eigenvalue weighted by molar-refractivity contribution is 5.92. The van der Waals surface area contributed by atoms with Gasteiger partial charge in [0.15, 0.2) is 5.69 Å². The van der Waals surface area contributed by atoms with Crippen molar-refractivity contribution in [1.29, 1.82) is 0 Å². The van der Waals surface area contributed by atoms with E-state index in [1.807, 2.05) is 31.4 Å². The summed E-state index contributed by atoms with van der Waals surface area (Å²) in [5.74, 6) is 0.601. The molecule has 0 bridgehead atoms. The van der Waals surface area contributed by atoms with Gasteiger partial charge >= 0.3 is 0 Å². The maximum atomic E-state index is 11.7. The maximum Gasteiger partial charge on any atom is 0.269 e. The predicted octanol–water partition coefficient (Wildman–Crippen LogP) is 3.04. The minimum atomic E-state index is -0.465. The number of aromatic nitrogens is 2. The summed E-state index contributed by atoms with van der Waals surface area (Å²) in [4.78, 5) is 11.7. The summed E-state index contributed by atoms with van der Waals surface area (Å²) >= 11 is 0. The molecule has 0 radical (unpaired) electrons. The molecule has 2 rings (SSSR count). The van der Waals surface area contributed by atoms with E-state index in [2.05, 4.69) is 18.1 Å². The highest BCUT2D eigenvalue weighted by Gasteiger charge is 2.22. The molecule has 0 saturated carbocycles. The molecule has 2 N–H and O–H groups in total. The Hall–Kier alpha value is -2.30. The van der Waals surface area contributed by atoms with Crippen LogP contribution < -0.4 is 10.5 Å². The molecule has 0 fully saturated rings. The Morgan fingerprint density at radius 2 is 2.22 bits per heavy atom. The Balaban J connectivity index is 2.31. The highest BCUT2D eigenvalue weighted by atomic mass is 16.5. The van der Waals surface area contributed by atoms with Crippen LogP contribution in [0.15, 0.2) is 30.5 Å².